The molecule has 0 unspecified atom stereocenters. The molecule has 2 aromatic rings. The van der Waals surface area contributed by atoms with Gasteiger partial charge in [0, 0.05) is 46.3 Å². The number of likely N-dealkylation sites (tertiary alicyclic amines) is 1. The Morgan fingerprint density at radius 2 is 1.75 bits per heavy atom. The first-order valence-electron chi connectivity index (χ1n) is 11.6. The Balaban J connectivity index is 1.50. The highest BCUT2D eigenvalue weighted by atomic mass is 16.2. The molecule has 6 heteroatoms. The molecule has 0 bridgehead atoms. The van der Waals surface area contributed by atoms with E-state index in [1.807, 2.05) is 18.2 Å². The lowest BCUT2D eigenvalue weighted by Gasteiger charge is -2.27. The minimum absolute atomic E-state index is 0.0282. The van der Waals surface area contributed by atoms with Gasteiger partial charge >= 0.3 is 0 Å². The summed E-state index contributed by atoms with van der Waals surface area (Å²) in [7, 11) is 5.35. The fourth-order valence-corrected chi connectivity index (χ4v) is 4.09. The molecule has 0 saturated carbocycles. The molecule has 172 valence electrons. The topological polar surface area (TPSA) is 60.0 Å². The largest absolute Gasteiger partial charge is 0.356 e. The Morgan fingerprint density at radius 3 is 2.47 bits per heavy atom. The number of amides is 1. The second-order valence-electron chi connectivity index (χ2n) is 8.61. The van der Waals surface area contributed by atoms with Crippen LogP contribution in [0.15, 0.2) is 53.5 Å². The third-order valence-corrected chi connectivity index (χ3v) is 5.92. The fraction of sp³-hybridized carbons (Fsp3) is 0.462. The van der Waals surface area contributed by atoms with Gasteiger partial charge in [-0.25, -0.2) is 0 Å². The zero-order chi connectivity index (χ0) is 22.8. The van der Waals surface area contributed by atoms with Crippen LogP contribution in [0.1, 0.15) is 46.3 Å². The summed E-state index contributed by atoms with van der Waals surface area (Å²) in [5, 5.41) is 6.85. The number of hydrogen-bond donors (Lipinski definition) is 2. The number of hydrogen-bond acceptors (Lipinski definition) is 3. The number of nitrogens with one attached hydrogen (secondary N) is 2. The summed E-state index contributed by atoms with van der Waals surface area (Å²) in [6.07, 6.45) is 4.80. The molecule has 2 aromatic carbocycles. The predicted molar refractivity (Wildman–Crippen MR) is 132 cm³/mol. The van der Waals surface area contributed by atoms with E-state index in [1.54, 1.807) is 26.0 Å². The van der Waals surface area contributed by atoms with Crippen LogP contribution in [0, 0.1) is 0 Å². The highest BCUT2D eigenvalue weighted by molar-refractivity contribution is 5.94. The van der Waals surface area contributed by atoms with E-state index >= 15 is 0 Å². The number of nitrogens with zero attached hydrogens (tertiary/aromatic N) is 3. The van der Waals surface area contributed by atoms with Crippen molar-refractivity contribution in [2.24, 2.45) is 4.99 Å². The van der Waals surface area contributed by atoms with Gasteiger partial charge in [-0.15, -0.1) is 0 Å². The van der Waals surface area contributed by atoms with Crippen LogP contribution in [-0.2, 0) is 19.5 Å². The molecular weight excluding hydrogens is 398 g/mol. The Morgan fingerprint density at radius 1 is 1.00 bits per heavy atom. The molecule has 1 aliphatic rings. The second-order valence-corrected chi connectivity index (χ2v) is 8.61. The van der Waals surface area contributed by atoms with E-state index in [0.29, 0.717) is 0 Å². The first kappa shape index (κ1) is 23.8. The minimum atomic E-state index is 0.0282. The van der Waals surface area contributed by atoms with Gasteiger partial charge in [0.1, 0.15) is 0 Å². The second kappa shape index (κ2) is 12.2. The lowest BCUT2D eigenvalue weighted by molar-refractivity contribution is 0.0827. The van der Waals surface area contributed by atoms with Gasteiger partial charge in [0.2, 0.25) is 0 Å². The monoisotopic (exact) mass is 435 g/mol. The maximum atomic E-state index is 12.2. The fourth-order valence-electron chi connectivity index (χ4n) is 4.09. The van der Waals surface area contributed by atoms with E-state index in [-0.39, 0.29) is 5.91 Å². The number of aliphatic imine (C=N–C) groups is 1. The van der Waals surface area contributed by atoms with Crippen molar-refractivity contribution in [3.05, 3.63) is 70.8 Å². The van der Waals surface area contributed by atoms with Gasteiger partial charge in [0.15, 0.2) is 5.96 Å². The molecule has 0 aliphatic carbocycles. The van der Waals surface area contributed by atoms with Crippen LogP contribution < -0.4 is 10.6 Å². The molecule has 3 rings (SSSR count). The van der Waals surface area contributed by atoms with E-state index in [2.05, 4.69) is 50.9 Å². The van der Waals surface area contributed by atoms with Crippen LogP contribution >= 0.6 is 0 Å². The highest BCUT2D eigenvalue weighted by Gasteiger charge is 2.13. The third-order valence-electron chi connectivity index (χ3n) is 5.92. The van der Waals surface area contributed by atoms with Crippen molar-refractivity contribution >= 4 is 11.9 Å². The average Bonchev–Trinajstić information content (AvgIpc) is 2.82. The highest BCUT2D eigenvalue weighted by Crippen LogP contribution is 2.16. The molecule has 1 aliphatic heterocycles. The lowest BCUT2D eigenvalue weighted by Crippen LogP contribution is -2.38. The number of piperidine rings is 1. The molecule has 0 radical (unpaired) electrons. The summed E-state index contributed by atoms with van der Waals surface area (Å²) >= 11 is 0. The molecule has 1 heterocycles. The van der Waals surface area contributed by atoms with Crippen LogP contribution in [0.25, 0.3) is 0 Å². The minimum Gasteiger partial charge on any atom is -0.356 e. The van der Waals surface area contributed by atoms with Gasteiger partial charge < -0.3 is 15.5 Å². The summed E-state index contributed by atoms with van der Waals surface area (Å²) in [5.41, 5.74) is 4.56. The Labute approximate surface area is 192 Å². The number of guanidine groups is 1. The van der Waals surface area contributed by atoms with Crippen molar-refractivity contribution < 1.29 is 4.79 Å². The van der Waals surface area contributed by atoms with Crippen LogP contribution in [0.4, 0.5) is 0 Å². The summed E-state index contributed by atoms with van der Waals surface area (Å²) < 4.78 is 0. The molecule has 1 amide bonds. The average molecular weight is 436 g/mol. The molecule has 0 aromatic heterocycles. The number of benzene rings is 2. The quantitative estimate of drug-likeness (QED) is 0.494. The van der Waals surface area contributed by atoms with E-state index in [1.165, 1.54) is 43.5 Å². The molecule has 1 fully saturated rings. The SMILES string of the molecule is CN=C(NCCc1cccc(C(=O)N(C)C)c1)NCc1ccccc1CN1CCCCC1. The maximum absolute atomic E-state index is 12.2. The van der Waals surface area contributed by atoms with Crippen LogP contribution in [0.3, 0.4) is 0 Å². The van der Waals surface area contributed by atoms with Crippen LogP contribution in [-0.4, -0.2) is 62.4 Å². The third kappa shape index (κ3) is 7.09. The number of carbonyl (C=O) groups is 1. The first-order valence-corrected chi connectivity index (χ1v) is 11.6. The van der Waals surface area contributed by atoms with Crippen molar-refractivity contribution in [3.8, 4) is 0 Å². The van der Waals surface area contributed by atoms with Crippen LogP contribution in [0.5, 0.6) is 0 Å². The van der Waals surface area contributed by atoms with E-state index in [4.69, 9.17) is 0 Å². The van der Waals surface area contributed by atoms with Crippen molar-refractivity contribution in [1.82, 2.24) is 20.4 Å². The standard InChI is InChI=1S/C26H37N5O/c1-27-26(28-15-14-21-10-9-13-22(18-21)25(32)30(2)3)29-19-23-11-5-6-12-24(23)20-31-16-7-4-8-17-31/h5-6,9-13,18H,4,7-8,14-17,19-20H2,1-3H3,(H2,27,28,29). The smallest absolute Gasteiger partial charge is 0.253 e. The molecule has 0 spiro atoms. The zero-order valence-electron chi connectivity index (χ0n) is 19.7. The van der Waals surface area contributed by atoms with Gasteiger partial charge in [-0.05, 0) is 61.2 Å². The summed E-state index contributed by atoms with van der Waals surface area (Å²) in [6, 6.07) is 16.5. The first-order chi connectivity index (χ1) is 15.6. The van der Waals surface area contributed by atoms with Crippen LogP contribution in [0.2, 0.25) is 0 Å². The molecule has 6 nitrogen and oxygen atoms in total. The van der Waals surface area contributed by atoms with Crippen molar-refractivity contribution in [3.63, 3.8) is 0 Å². The summed E-state index contributed by atoms with van der Waals surface area (Å²) in [6.45, 7) is 4.91. The predicted octanol–water partition coefficient (Wildman–Crippen LogP) is 3.28. The van der Waals surface area contributed by atoms with Crippen molar-refractivity contribution in [2.45, 2.75) is 38.8 Å². The molecule has 0 atom stereocenters. The number of rotatable bonds is 8. The lowest BCUT2D eigenvalue weighted by atomic mass is 10.0. The van der Waals surface area contributed by atoms with E-state index in [9.17, 15) is 4.79 Å². The normalized spacial score (nSPS) is 14.8. The Hall–Kier alpha value is -2.86. The summed E-state index contributed by atoms with van der Waals surface area (Å²) in [5.74, 6) is 0.818. The van der Waals surface area contributed by atoms with Gasteiger partial charge in [0.05, 0.1) is 0 Å². The van der Waals surface area contributed by atoms with Crippen molar-refractivity contribution in [2.75, 3.05) is 40.8 Å². The van der Waals surface area contributed by atoms with E-state index < -0.39 is 0 Å². The Kier molecular flexibility index (Phi) is 9.11. The van der Waals surface area contributed by atoms with E-state index in [0.717, 1.165) is 43.1 Å². The molecule has 32 heavy (non-hydrogen) atoms. The molecule has 2 N–H and O–H groups in total. The molecule has 1 saturated heterocycles. The Bertz CT molecular complexity index is 903. The van der Waals surface area contributed by atoms with Gasteiger partial charge in [-0.1, -0.05) is 42.8 Å². The maximum Gasteiger partial charge on any atom is 0.253 e. The van der Waals surface area contributed by atoms with Gasteiger partial charge in [-0.2, -0.15) is 0 Å². The molecular formula is C26H37N5O. The number of carbonyl (C=O) groups excluding carboxylic acids is 1. The van der Waals surface area contributed by atoms with Gasteiger partial charge in [-0.3, -0.25) is 14.7 Å². The summed E-state index contributed by atoms with van der Waals surface area (Å²) in [4.78, 5) is 20.7. The van der Waals surface area contributed by atoms with Crippen molar-refractivity contribution in [1.29, 1.82) is 0 Å². The zero-order valence-corrected chi connectivity index (χ0v) is 19.7. The van der Waals surface area contributed by atoms with Gasteiger partial charge in [0.25, 0.3) is 5.91 Å².